The van der Waals surface area contributed by atoms with Gasteiger partial charge in [-0.05, 0) is 51.1 Å². The van der Waals surface area contributed by atoms with Crippen LogP contribution >= 0.6 is 0 Å². The monoisotopic (exact) mass is 286 g/mol. The molecule has 2 N–H and O–H groups in total. The standard InChI is InChI=1S/C17H22N2O2/c1-13-7-8-15(11-14(13)5-4-10-20)17(21)18-16-6-3-9-19(2)12-16/h7-8,11,16,20H,3,6,9-10,12H2,1-2H3,(H,18,21). The number of nitrogens with one attached hydrogen (secondary N) is 1. The number of carbonyl (C=O) groups excluding carboxylic acids is 1. The van der Waals surface area contributed by atoms with Gasteiger partial charge in [-0.1, -0.05) is 17.9 Å². The molecule has 0 radical (unpaired) electrons. The first kappa shape index (κ1) is 15.6. The first-order valence-electron chi connectivity index (χ1n) is 7.30. The molecule has 0 aliphatic carbocycles. The van der Waals surface area contributed by atoms with E-state index in [1.54, 1.807) is 6.07 Å². The van der Waals surface area contributed by atoms with Crippen LogP contribution in [0.5, 0.6) is 0 Å². The molecular formula is C17H22N2O2. The fourth-order valence-electron chi connectivity index (χ4n) is 2.59. The summed E-state index contributed by atoms with van der Waals surface area (Å²) in [7, 11) is 2.08. The van der Waals surface area contributed by atoms with Gasteiger partial charge in [0, 0.05) is 23.7 Å². The Balaban J connectivity index is 2.08. The van der Waals surface area contributed by atoms with E-state index in [2.05, 4.69) is 29.1 Å². The van der Waals surface area contributed by atoms with Crippen molar-refractivity contribution < 1.29 is 9.90 Å². The Labute approximate surface area is 126 Å². The molecule has 4 nitrogen and oxygen atoms in total. The van der Waals surface area contributed by atoms with E-state index in [0.29, 0.717) is 5.56 Å². The first-order valence-corrected chi connectivity index (χ1v) is 7.30. The fourth-order valence-corrected chi connectivity index (χ4v) is 2.59. The Morgan fingerprint density at radius 2 is 2.33 bits per heavy atom. The van der Waals surface area contributed by atoms with Crippen LogP contribution in [0.15, 0.2) is 18.2 Å². The molecule has 1 atom stereocenters. The maximum atomic E-state index is 12.3. The number of piperidine rings is 1. The van der Waals surface area contributed by atoms with Crippen LogP contribution in [0.3, 0.4) is 0 Å². The number of nitrogens with zero attached hydrogens (tertiary/aromatic N) is 1. The maximum Gasteiger partial charge on any atom is 0.251 e. The van der Waals surface area contributed by atoms with Crippen molar-refractivity contribution in [1.29, 1.82) is 0 Å². The van der Waals surface area contributed by atoms with Gasteiger partial charge in [0.2, 0.25) is 0 Å². The van der Waals surface area contributed by atoms with Crippen LogP contribution in [0.2, 0.25) is 0 Å². The number of hydrogen-bond acceptors (Lipinski definition) is 3. The molecule has 0 aromatic heterocycles. The van der Waals surface area contributed by atoms with Gasteiger partial charge in [0.1, 0.15) is 6.61 Å². The third-order valence-electron chi connectivity index (χ3n) is 3.76. The third kappa shape index (κ3) is 4.32. The van der Waals surface area contributed by atoms with Gasteiger partial charge in [-0.25, -0.2) is 0 Å². The zero-order valence-corrected chi connectivity index (χ0v) is 12.6. The lowest BCUT2D eigenvalue weighted by Crippen LogP contribution is -2.46. The largest absolute Gasteiger partial charge is 0.384 e. The number of aryl methyl sites for hydroxylation is 1. The summed E-state index contributed by atoms with van der Waals surface area (Å²) >= 11 is 0. The van der Waals surface area contributed by atoms with Gasteiger partial charge >= 0.3 is 0 Å². The Hall–Kier alpha value is -1.83. The summed E-state index contributed by atoms with van der Waals surface area (Å²) in [6.45, 7) is 3.76. The fraction of sp³-hybridized carbons (Fsp3) is 0.471. The molecule has 1 unspecified atom stereocenters. The summed E-state index contributed by atoms with van der Waals surface area (Å²) in [5.41, 5.74) is 2.42. The van der Waals surface area contributed by atoms with Crippen molar-refractivity contribution in [2.24, 2.45) is 0 Å². The van der Waals surface area contributed by atoms with Crippen molar-refractivity contribution in [1.82, 2.24) is 10.2 Å². The second-order valence-electron chi connectivity index (χ2n) is 5.56. The molecule has 0 bridgehead atoms. The van der Waals surface area contributed by atoms with Crippen molar-refractivity contribution >= 4 is 5.91 Å². The number of aliphatic hydroxyl groups is 1. The van der Waals surface area contributed by atoms with Crippen LogP contribution in [-0.2, 0) is 0 Å². The molecule has 0 spiro atoms. The lowest BCUT2D eigenvalue weighted by atomic mass is 10.0. The van der Waals surface area contributed by atoms with Gasteiger partial charge in [0.05, 0.1) is 0 Å². The predicted molar refractivity (Wildman–Crippen MR) is 83.1 cm³/mol. The molecule has 1 aromatic rings. The molecule has 2 rings (SSSR count). The minimum atomic E-state index is -0.176. The molecule has 1 heterocycles. The first-order chi connectivity index (χ1) is 10.1. The van der Waals surface area contributed by atoms with E-state index in [9.17, 15) is 4.79 Å². The molecule has 1 saturated heterocycles. The number of benzene rings is 1. The average Bonchev–Trinajstić information content (AvgIpc) is 2.46. The topological polar surface area (TPSA) is 52.6 Å². The molecule has 112 valence electrons. The second kappa shape index (κ2) is 7.26. The highest BCUT2D eigenvalue weighted by atomic mass is 16.2. The summed E-state index contributed by atoms with van der Waals surface area (Å²) in [5.74, 6) is 5.45. The second-order valence-corrected chi connectivity index (χ2v) is 5.56. The van der Waals surface area contributed by atoms with Crippen LogP contribution in [0.1, 0.15) is 34.3 Å². The zero-order valence-electron chi connectivity index (χ0n) is 12.6. The molecule has 4 heteroatoms. The average molecular weight is 286 g/mol. The number of carbonyl (C=O) groups is 1. The van der Waals surface area contributed by atoms with Crippen LogP contribution in [-0.4, -0.2) is 48.7 Å². The SMILES string of the molecule is Cc1ccc(C(=O)NC2CCCN(C)C2)cc1C#CCO. The van der Waals surface area contributed by atoms with Gasteiger partial charge in [-0.15, -0.1) is 0 Å². The molecule has 1 aliphatic rings. The van der Waals surface area contributed by atoms with Crippen molar-refractivity contribution in [3.8, 4) is 11.8 Å². The summed E-state index contributed by atoms with van der Waals surface area (Å²) < 4.78 is 0. The number of likely N-dealkylation sites (N-methyl/N-ethyl adjacent to an activating group) is 1. The van der Waals surface area contributed by atoms with E-state index in [0.717, 1.165) is 37.1 Å². The number of aliphatic hydroxyl groups excluding tert-OH is 1. The minimum Gasteiger partial charge on any atom is -0.384 e. The molecule has 21 heavy (non-hydrogen) atoms. The van der Waals surface area contributed by atoms with Crippen molar-refractivity contribution in [3.63, 3.8) is 0 Å². The summed E-state index contributed by atoms with van der Waals surface area (Å²) in [6.07, 6.45) is 2.14. The van der Waals surface area contributed by atoms with Crippen molar-refractivity contribution in [3.05, 3.63) is 34.9 Å². The number of likely N-dealkylation sites (tertiary alicyclic amines) is 1. The smallest absolute Gasteiger partial charge is 0.251 e. The number of amides is 1. The van der Waals surface area contributed by atoms with Gasteiger partial charge < -0.3 is 15.3 Å². The number of hydrogen-bond donors (Lipinski definition) is 2. The van der Waals surface area contributed by atoms with Crippen LogP contribution in [0.4, 0.5) is 0 Å². The van der Waals surface area contributed by atoms with Crippen LogP contribution in [0.25, 0.3) is 0 Å². The lowest BCUT2D eigenvalue weighted by molar-refractivity contribution is 0.0912. The van der Waals surface area contributed by atoms with Crippen molar-refractivity contribution in [2.45, 2.75) is 25.8 Å². The molecule has 0 saturated carbocycles. The summed E-state index contributed by atoms with van der Waals surface area (Å²) in [4.78, 5) is 14.6. The van der Waals surface area contributed by atoms with E-state index in [1.807, 2.05) is 19.1 Å². The quantitative estimate of drug-likeness (QED) is 0.802. The zero-order chi connectivity index (χ0) is 15.2. The molecule has 1 fully saturated rings. The van der Waals surface area contributed by atoms with Gasteiger partial charge in [0.15, 0.2) is 0 Å². The lowest BCUT2D eigenvalue weighted by Gasteiger charge is -2.30. The predicted octanol–water partition coefficient (Wildman–Crippen LogP) is 1.16. The highest BCUT2D eigenvalue weighted by Gasteiger charge is 2.19. The van der Waals surface area contributed by atoms with Gasteiger partial charge in [-0.3, -0.25) is 4.79 Å². The molecular weight excluding hydrogens is 264 g/mol. The van der Waals surface area contributed by atoms with Crippen molar-refractivity contribution in [2.75, 3.05) is 26.7 Å². The van der Waals surface area contributed by atoms with E-state index >= 15 is 0 Å². The third-order valence-corrected chi connectivity index (χ3v) is 3.76. The molecule has 1 amide bonds. The summed E-state index contributed by atoms with van der Waals surface area (Å²) in [5, 5.41) is 11.9. The van der Waals surface area contributed by atoms with E-state index in [-0.39, 0.29) is 18.6 Å². The maximum absolute atomic E-state index is 12.3. The van der Waals surface area contributed by atoms with E-state index < -0.39 is 0 Å². The van der Waals surface area contributed by atoms with Crippen LogP contribution < -0.4 is 5.32 Å². The Kier molecular flexibility index (Phi) is 5.38. The van der Waals surface area contributed by atoms with Gasteiger partial charge in [0.25, 0.3) is 5.91 Å². The van der Waals surface area contributed by atoms with Crippen LogP contribution in [0, 0.1) is 18.8 Å². The number of rotatable bonds is 2. The minimum absolute atomic E-state index is 0.0534. The van der Waals surface area contributed by atoms with E-state index in [1.165, 1.54) is 0 Å². The van der Waals surface area contributed by atoms with E-state index in [4.69, 9.17) is 5.11 Å². The summed E-state index contributed by atoms with van der Waals surface area (Å²) in [6, 6.07) is 5.72. The molecule has 1 aromatic carbocycles. The van der Waals surface area contributed by atoms with Gasteiger partial charge in [-0.2, -0.15) is 0 Å². The highest BCUT2D eigenvalue weighted by Crippen LogP contribution is 2.12. The highest BCUT2D eigenvalue weighted by molar-refractivity contribution is 5.94. The normalized spacial score (nSPS) is 18.7. The Morgan fingerprint density at radius 1 is 1.52 bits per heavy atom. The molecule has 1 aliphatic heterocycles. The Bertz CT molecular complexity index is 572. The Morgan fingerprint density at radius 3 is 3.05 bits per heavy atom.